The second kappa shape index (κ2) is 3.18. The van der Waals surface area contributed by atoms with Crippen LogP contribution in [0.4, 0.5) is 0 Å². The Hall–Kier alpha value is -0.0800. The van der Waals surface area contributed by atoms with Crippen molar-refractivity contribution in [2.24, 2.45) is 11.7 Å². The van der Waals surface area contributed by atoms with Crippen LogP contribution in [0.25, 0.3) is 0 Å². The van der Waals surface area contributed by atoms with Gasteiger partial charge in [-0.25, -0.2) is 0 Å². The van der Waals surface area contributed by atoms with E-state index >= 15 is 0 Å². The minimum atomic E-state index is 0.0292. The first-order chi connectivity index (χ1) is 4.33. The maximum absolute atomic E-state index is 5.53. The van der Waals surface area contributed by atoms with Gasteiger partial charge in [0.15, 0.2) is 0 Å². The van der Waals surface area contributed by atoms with Gasteiger partial charge < -0.3 is 10.5 Å². The Labute approximate surface area is 56.4 Å². The maximum atomic E-state index is 5.53. The van der Waals surface area contributed by atoms with E-state index in [1.807, 2.05) is 0 Å². The smallest absolute Gasteiger partial charge is 0.105 e. The zero-order valence-electron chi connectivity index (χ0n) is 5.97. The van der Waals surface area contributed by atoms with Gasteiger partial charge in [-0.05, 0) is 18.8 Å². The highest BCUT2D eigenvalue weighted by Gasteiger charge is 2.20. The molecule has 1 aliphatic heterocycles. The zero-order chi connectivity index (χ0) is 6.69. The molecule has 2 N–H and O–H groups in total. The molecule has 2 nitrogen and oxygen atoms in total. The highest BCUT2D eigenvalue weighted by molar-refractivity contribution is 4.68. The molecular formula is C7H15NO. The summed E-state index contributed by atoms with van der Waals surface area (Å²) in [7, 11) is 0. The Bertz CT molecular complexity index is 83.0. The molecule has 0 aromatic heterocycles. The molecule has 54 valence electrons. The Balaban J connectivity index is 2.14. The summed E-state index contributed by atoms with van der Waals surface area (Å²) < 4.78 is 5.20. The van der Waals surface area contributed by atoms with Gasteiger partial charge in [0.1, 0.15) is 6.23 Å². The third-order valence-corrected chi connectivity index (χ3v) is 1.81. The minimum absolute atomic E-state index is 0.0292. The van der Waals surface area contributed by atoms with Crippen molar-refractivity contribution in [3.05, 3.63) is 0 Å². The van der Waals surface area contributed by atoms with Crippen molar-refractivity contribution in [3.63, 3.8) is 0 Å². The second-order valence-corrected chi connectivity index (χ2v) is 2.76. The highest BCUT2D eigenvalue weighted by Crippen LogP contribution is 2.20. The van der Waals surface area contributed by atoms with E-state index in [-0.39, 0.29) is 6.23 Å². The first-order valence-corrected chi connectivity index (χ1v) is 3.70. The Morgan fingerprint density at radius 1 is 1.67 bits per heavy atom. The lowest BCUT2D eigenvalue weighted by Gasteiger charge is -2.02. The van der Waals surface area contributed by atoms with Gasteiger partial charge >= 0.3 is 0 Å². The Morgan fingerprint density at radius 3 is 2.89 bits per heavy atom. The standard InChI is InChI=1S/C7H15NO/c1-2-3-6-4-7(8)9-5-6/h6-7H,2-5,8H2,1H3/t6-,7-/m0/s1. The Kier molecular flexibility index (Phi) is 2.49. The lowest BCUT2D eigenvalue weighted by molar-refractivity contribution is 0.111. The largest absolute Gasteiger partial charge is 0.363 e. The van der Waals surface area contributed by atoms with Crippen LogP contribution in [0.1, 0.15) is 26.2 Å². The molecule has 1 saturated heterocycles. The molecule has 0 bridgehead atoms. The Morgan fingerprint density at radius 2 is 2.44 bits per heavy atom. The van der Waals surface area contributed by atoms with Crippen molar-refractivity contribution in [2.75, 3.05) is 6.61 Å². The summed E-state index contributed by atoms with van der Waals surface area (Å²) in [5.41, 5.74) is 5.53. The second-order valence-electron chi connectivity index (χ2n) is 2.76. The van der Waals surface area contributed by atoms with E-state index in [0.29, 0.717) is 0 Å². The topological polar surface area (TPSA) is 35.2 Å². The lowest BCUT2D eigenvalue weighted by atomic mass is 10.0. The fraction of sp³-hybridized carbons (Fsp3) is 1.00. The molecule has 0 radical (unpaired) electrons. The first-order valence-electron chi connectivity index (χ1n) is 3.70. The summed E-state index contributed by atoms with van der Waals surface area (Å²) in [6, 6.07) is 0. The van der Waals surface area contributed by atoms with Gasteiger partial charge in [-0.2, -0.15) is 0 Å². The molecule has 0 saturated carbocycles. The quantitative estimate of drug-likeness (QED) is 0.606. The van der Waals surface area contributed by atoms with Gasteiger partial charge in [0.25, 0.3) is 0 Å². The number of hydrogen-bond donors (Lipinski definition) is 1. The third-order valence-electron chi connectivity index (χ3n) is 1.81. The van der Waals surface area contributed by atoms with E-state index in [1.54, 1.807) is 0 Å². The summed E-state index contributed by atoms with van der Waals surface area (Å²) in [6.07, 6.45) is 3.61. The van der Waals surface area contributed by atoms with Crippen molar-refractivity contribution in [1.82, 2.24) is 0 Å². The van der Waals surface area contributed by atoms with E-state index in [2.05, 4.69) is 6.92 Å². The first kappa shape index (κ1) is 7.03. The summed E-state index contributed by atoms with van der Waals surface area (Å²) in [4.78, 5) is 0. The summed E-state index contributed by atoms with van der Waals surface area (Å²) in [5.74, 6) is 0.741. The van der Waals surface area contributed by atoms with Crippen molar-refractivity contribution >= 4 is 0 Å². The van der Waals surface area contributed by atoms with Crippen LogP contribution in [0.3, 0.4) is 0 Å². The van der Waals surface area contributed by atoms with Gasteiger partial charge in [-0.15, -0.1) is 0 Å². The van der Waals surface area contributed by atoms with Crippen LogP contribution in [-0.4, -0.2) is 12.8 Å². The van der Waals surface area contributed by atoms with Crippen molar-refractivity contribution in [3.8, 4) is 0 Å². The van der Waals surface area contributed by atoms with Gasteiger partial charge in [-0.1, -0.05) is 13.3 Å². The van der Waals surface area contributed by atoms with Crippen LogP contribution < -0.4 is 5.73 Å². The van der Waals surface area contributed by atoms with E-state index in [9.17, 15) is 0 Å². The predicted octanol–water partition coefficient (Wildman–Crippen LogP) is 1.11. The van der Waals surface area contributed by atoms with Crippen LogP contribution >= 0.6 is 0 Å². The average Bonchev–Trinajstić information content (AvgIpc) is 2.17. The molecule has 2 heteroatoms. The van der Waals surface area contributed by atoms with Crippen molar-refractivity contribution in [2.45, 2.75) is 32.4 Å². The van der Waals surface area contributed by atoms with E-state index in [1.165, 1.54) is 12.8 Å². The van der Waals surface area contributed by atoms with Crippen LogP contribution in [0.2, 0.25) is 0 Å². The third kappa shape index (κ3) is 1.95. The van der Waals surface area contributed by atoms with Crippen LogP contribution in [0, 0.1) is 5.92 Å². The number of hydrogen-bond acceptors (Lipinski definition) is 2. The number of rotatable bonds is 2. The zero-order valence-corrected chi connectivity index (χ0v) is 5.97. The number of nitrogens with two attached hydrogens (primary N) is 1. The molecule has 1 rings (SSSR count). The predicted molar refractivity (Wildman–Crippen MR) is 36.9 cm³/mol. The lowest BCUT2D eigenvalue weighted by Crippen LogP contribution is -2.16. The monoisotopic (exact) mass is 129 g/mol. The van der Waals surface area contributed by atoms with Crippen molar-refractivity contribution < 1.29 is 4.74 Å². The normalized spacial score (nSPS) is 35.3. The molecule has 2 atom stereocenters. The molecular weight excluding hydrogens is 114 g/mol. The van der Waals surface area contributed by atoms with Gasteiger partial charge in [0, 0.05) is 0 Å². The summed E-state index contributed by atoms with van der Waals surface area (Å²) >= 11 is 0. The fourth-order valence-electron chi connectivity index (χ4n) is 1.33. The molecule has 1 heterocycles. The maximum Gasteiger partial charge on any atom is 0.105 e. The SMILES string of the molecule is CCC[C@@H]1CO[C@H](N)C1. The molecule has 0 aromatic rings. The molecule has 0 aliphatic carbocycles. The van der Waals surface area contributed by atoms with Crippen molar-refractivity contribution in [1.29, 1.82) is 0 Å². The number of ether oxygens (including phenoxy) is 1. The molecule has 1 aliphatic rings. The van der Waals surface area contributed by atoms with Crippen LogP contribution in [0.15, 0.2) is 0 Å². The summed E-state index contributed by atoms with van der Waals surface area (Å²) in [6.45, 7) is 3.08. The molecule has 9 heavy (non-hydrogen) atoms. The highest BCUT2D eigenvalue weighted by atomic mass is 16.5. The molecule has 0 amide bonds. The molecule has 1 fully saturated rings. The molecule has 0 spiro atoms. The van der Waals surface area contributed by atoms with Gasteiger partial charge in [-0.3, -0.25) is 0 Å². The van der Waals surface area contributed by atoms with E-state index in [4.69, 9.17) is 10.5 Å². The van der Waals surface area contributed by atoms with E-state index in [0.717, 1.165) is 18.9 Å². The van der Waals surface area contributed by atoms with Gasteiger partial charge in [0.2, 0.25) is 0 Å². The minimum Gasteiger partial charge on any atom is -0.363 e. The van der Waals surface area contributed by atoms with Crippen LogP contribution in [0.5, 0.6) is 0 Å². The average molecular weight is 129 g/mol. The van der Waals surface area contributed by atoms with Gasteiger partial charge in [0.05, 0.1) is 6.61 Å². The molecule has 0 aromatic carbocycles. The molecule has 0 unspecified atom stereocenters. The van der Waals surface area contributed by atoms with Crippen LogP contribution in [-0.2, 0) is 4.74 Å². The van der Waals surface area contributed by atoms with E-state index < -0.39 is 0 Å². The summed E-state index contributed by atoms with van der Waals surface area (Å²) in [5, 5.41) is 0. The fourth-order valence-corrected chi connectivity index (χ4v) is 1.33.